The summed E-state index contributed by atoms with van der Waals surface area (Å²) in [5.41, 5.74) is 0. The van der Waals surface area contributed by atoms with Crippen LogP contribution in [0.25, 0.3) is 0 Å². The van der Waals surface area contributed by atoms with Crippen molar-refractivity contribution in [3.05, 3.63) is 0 Å². The number of aliphatic hydroxyl groups excluding tert-OH is 1. The highest BCUT2D eigenvalue weighted by Crippen LogP contribution is 2.45. The molecule has 3 unspecified atom stereocenters. The topological polar surface area (TPSA) is 237 Å². The van der Waals surface area contributed by atoms with Gasteiger partial charge >= 0.3 is 39.5 Å². The molecular weight excluding hydrogens is 1350 g/mol. The minimum Gasteiger partial charge on any atom is -0.462 e. The molecule has 3 N–H and O–H groups in total. The van der Waals surface area contributed by atoms with Crippen LogP contribution in [0.1, 0.15) is 458 Å². The van der Waals surface area contributed by atoms with Gasteiger partial charge in [-0.05, 0) is 31.6 Å². The van der Waals surface area contributed by atoms with E-state index < -0.39 is 97.5 Å². The molecule has 0 radical (unpaired) electrons. The van der Waals surface area contributed by atoms with Gasteiger partial charge in [-0.2, -0.15) is 0 Å². The van der Waals surface area contributed by atoms with E-state index in [1.165, 1.54) is 283 Å². The van der Waals surface area contributed by atoms with Gasteiger partial charge in [0.15, 0.2) is 12.2 Å². The lowest BCUT2D eigenvalue weighted by Gasteiger charge is -2.21. The zero-order valence-electron chi connectivity index (χ0n) is 68.2. The Kier molecular flexibility index (Phi) is 76.3. The first-order valence-electron chi connectivity index (χ1n) is 44.2. The van der Waals surface area contributed by atoms with E-state index in [9.17, 15) is 43.2 Å². The highest BCUT2D eigenvalue weighted by molar-refractivity contribution is 7.47. The minimum atomic E-state index is -4.96. The molecule has 0 aliphatic carbocycles. The first kappa shape index (κ1) is 102. The van der Waals surface area contributed by atoms with Crippen molar-refractivity contribution in [1.82, 2.24) is 0 Å². The zero-order chi connectivity index (χ0) is 76.2. The lowest BCUT2D eigenvalue weighted by atomic mass is 9.99. The molecule has 0 saturated heterocycles. The van der Waals surface area contributed by atoms with Crippen LogP contribution < -0.4 is 0 Å². The zero-order valence-corrected chi connectivity index (χ0v) is 70.0. The van der Waals surface area contributed by atoms with Crippen LogP contribution >= 0.6 is 15.6 Å². The SMILES string of the molecule is CCCCCCCCCCCCCCCCCCCCCCCC(=O)O[C@H](COC(=O)CCCCCCCCCCCCCCCCC(C)CC)COP(=O)(O)OC[C@@H](O)COP(=O)(O)OC[C@@H](COC(=O)CCCCCCCCCCCCC)OC(=O)CCCCCCCCCCCCCCCC. The Balaban J connectivity index is 5.23. The molecule has 0 bridgehead atoms. The number of esters is 4. The Labute approximate surface area is 638 Å². The molecule has 0 aromatic carbocycles. The van der Waals surface area contributed by atoms with Gasteiger partial charge in [0.25, 0.3) is 0 Å². The fourth-order valence-corrected chi connectivity index (χ4v) is 14.8. The maximum atomic E-state index is 13.1. The van der Waals surface area contributed by atoms with Crippen molar-refractivity contribution in [3.8, 4) is 0 Å². The average molecular weight is 1520 g/mol. The van der Waals surface area contributed by atoms with Crippen LogP contribution in [0.15, 0.2) is 0 Å². The van der Waals surface area contributed by atoms with Gasteiger partial charge in [0, 0.05) is 25.7 Å². The smallest absolute Gasteiger partial charge is 0.462 e. The van der Waals surface area contributed by atoms with Crippen LogP contribution in [0.4, 0.5) is 0 Å². The first-order chi connectivity index (χ1) is 50.6. The van der Waals surface area contributed by atoms with Crippen molar-refractivity contribution in [2.45, 2.75) is 477 Å². The van der Waals surface area contributed by atoms with Gasteiger partial charge in [-0.15, -0.1) is 0 Å². The van der Waals surface area contributed by atoms with Gasteiger partial charge in [-0.3, -0.25) is 37.3 Å². The maximum absolute atomic E-state index is 13.1. The summed E-state index contributed by atoms with van der Waals surface area (Å²) in [7, 11) is -9.92. The lowest BCUT2D eigenvalue weighted by molar-refractivity contribution is -0.161. The van der Waals surface area contributed by atoms with E-state index in [1.54, 1.807) is 0 Å². The number of phosphoric ester groups is 2. The second-order valence-corrected chi connectivity index (χ2v) is 33.7. The van der Waals surface area contributed by atoms with Gasteiger partial charge in [0.2, 0.25) is 0 Å². The number of rotatable bonds is 85. The number of unbranched alkanes of at least 4 members (excludes halogenated alkanes) is 56. The quantitative estimate of drug-likeness (QED) is 0.0222. The van der Waals surface area contributed by atoms with Crippen LogP contribution in [0, 0.1) is 5.92 Å². The number of hydrogen-bond donors (Lipinski definition) is 3. The molecule has 0 aromatic heterocycles. The third-order valence-electron chi connectivity index (χ3n) is 20.4. The molecule has 6 atom stereocenters. The second kappa shape index (κ2) is 77.8. The van der Waals surface area contributed by atoms with E-state index in [4.69, 9.17) is 37.0 Å². The standard InChI is InChI=1S/C85H166O17P2/c1-6-10-13-16-19-22-25-27-29-30-31-32-33-34-35-41-46-51-56-61-66-71-85(90)102-81(75-96-83(88)69-64-59-54-49-44-40-37-36-38-43-47-52-57-62-67-78(5)9-4)77-100-104(93,94)98-73-79(86)72-97-103(91,92)99-76-80(74-95-82(87)68-63-58-53-48-42-24-21-18-15-12-8-3)101-84(89)70-65-60-55-50-45-39-28-26-23-20-17-14-11-7-2/h78-81,86H,6-77H2,1-5H3,(H,91,92)(H,93,94)/t78?,79-,80+,81+/m0/s1. The van der Waals surface area contributed by atoms with E-state index in [0.29, 0.717) is 25.7 Å². The van der Waals surface area contributed by atoms with Crippen molar-refractivity contribution in [2.75, 3.05) is 39.6 Å². The van der Waals surface area contributed by atoms with Crippen LogP contribution in [0.2, 0.25) is 0 Å². The first-order valence-corrected chi connectivity index (χ1v) is 47.2. The van der Waals surface area contributed by atoms with Gasteiger partial charge < -0.3 is 33.8 Å². The highest BCUT2D eigenvalue weighted by Gasteiger charge is 2.30. The third-order valence-corrected chi connectivity index (χ3v) is 22.3. The summed E-state index contributed by atoms with van der Waals surface area (Å²) < 4.78 is 68.9. The predicted molar refractivity (Wildman–Crippen MR) is 428 cm³/mol. The summed E-state index contributed by atoms with van der Waals surface area (Å²) in [6, 6.07) is 0. The summed E-state index contributed by atoms with van der Waals surface area (Å²) in [4.78, 5) is 73.2. The van der Waals surface area contributed by atoms with Gasteiger partial charge in [-0.25, -0.2) is 9.13 Å². The summed E-state index contributed by atoms with van der Waals surface area (Å²) in [5, 5.41) is 10.7. The van der Waals surface area contributed by atoms with Gasteiger partial charge in [0.05, 0.1) is 26.4 Å². The fourth-order valence-electron chi connectivity index (χ4n) is 13.3. The van der Waals surface area contributed by atoms with E-state index in [2.05, 4.69) is 34.6 Å². The number of carbonyl (C=O) groups is 4. The number of phosphoric acid groups is 2. The number of carbonyl (C=O) groups excluding carboxylic acids is 4. The summed E-state index contributed by atoms with van der Waals surface area (Å²) in [5.74, 6) is -1.25. The summed E-state index contributed by atoms with van der Waals surface area (Å²) in [6.07, 6.45) is 70.7. The largest absolute Gasteiger partial charge is 0.472 e. The van der Waals surface area contributed by atoms with Crippen LogP contribution in [-0.2, 0) is 65.4 Å². The molecule has 618 valence electrons. The Morgan fingerprint density at radius 2 is 0.462 bits per heavy atom. The lowest BCUT2D eigenvalue weighted by Crippen LogP contribution is -2.30. The van der Waals surface area contributed by atoms with Crippen molar-refractivity contribution in [1.29, 1.82) is 0 Å². The Morgan fingerprint density at radius 1 is 0.269 bits per heavy atom. The van der Waals surface area contributed by atoms with E-state index >= 15 is 0 Å². The summed E-state index contributed by atoms with van der Waals surface area (Å²) >= 11 is 0. The molecule has 0 aliphatic heterocycles. The maximum Gasteiger partial charge on any atom is 0.472 e. The van der Waals surface area contributed by atoms with E-state index in [0.717, 1.165) is 95.8 Å². The molecule has 0 amide bonds. The Bertz CT molecular complexity index is 1980. The van der Waals surface area contributed by atoms with Crippen LogP contribution in [0.5, 0.6) is 0 Å². The van der Waals surface area contributed by atoms with Gasteiger partial charge in [-0.1, -0.05) is 407 Å². The normalized spacial score (nSPS) is 14.0. The molecule has 0 rings (SSSR count). The fraction of sp³-hybridized carbons (Fsp3) is 0.953. The molecular formula is C85H166O17P2. The van der Waals surface area contributed by atoms with Crippen LogP contribution in [0.3, 0.4) is 0 Å². The molecule has 0 saturated carbocycles. The van der Waals surface area contributed by atoms with Crippen LogP contribution in [-0.4, -0.2) is 96.7 Å². The molecule has 0 aliphatic rings. The molecule has 17 nitrogen and oxygen atoms in total. The number of ether oxygens (including phenoxy) is 4. The number of aliphatic hydroxyl groups is 1. The van der Waals surface area contributed by atoms with Crippen molar-refractivity contribution < 1.29 is 80.2 Å². The molecule has 104 heavy (non-hydrogen) atoms. The average Bonchev–Trinajstić information content (AvgIpc) is 0.912. The molecule has 0 spiro atoms. The second-order valence-electron chi connectivity index (χ2n) is 30.8. The van der Waals surface area contributed by atoms with Gasteiger partial charge in [0.1, 0.15) is 19.3 Å². The van der Waals surface area contributed by atoms with E-state index in [-0.39, 0.29) is 25.7 Å². The monoisotopic (exact) mass is 1520 g/mol. The number of hydrogen-bond acceptors (Lipinski definition) is 15. The minimum absolute atomic E-state index is 0.109. The third kappa shape index (κ3) is 76.8. The Morgan fingerprint density at radius 3 is 0.683 bits per heavy atom. The van der Waals surface area contributed by atoms with Crippen molar-refractivity contribution in [2.24, 2.45) is 5.92 Å². The van der Waals surface area contributed by atoms with Crippen molar-refractivity contribution in [3.63, 3.8) is 0 Å². The highest BCUT2D eigenvalue weighted by atomic mass is 31.2. The van der Waals surface area contributed by atoms with Crippen molar-refractivity contribution >= 4 is 39.5 Å². The molecule has 0 aromatic rings. The Hall–Kier alpha value is -1.94. The predicted octanol–water partition coefficient (Wildman–Crippen LogP) is 26.0. The molecule has 0 fully saturated rings. The molecule has 19 heteroatoms. The van der Waals surface area contributed by atoms with E-state index in [1.807, 2.05) is 0 Å². The summed E-state index contributed by atoms with van der Waals surface area (Å²) in [6.45, 7) is 7.41. The molecule has 0 heterocycles.